The number of anilines is 2. The number of nitrogens with zero attached hydrogens (tertiary/aromatic N) is 4. The molecule has 0 aliphatic carbocycles. The van der Waals surface area contributed by atoms with Crippen molar-refractivity contribution in [2.45, 2.75) is 20.3 Å². The summed E-state index contributed by atoms with van der Waals surface area (Å²) in [5.74, 6) is 6.62. The van der Waals surface area contributed by atoms with Crippen LogP contribution in [0.15, 0.2) is 6.20 Å². The lowest BCUT2D eigenvalue weighted by atomic mass is 10.3. The van der Waals surface area contributed by atoms with Gasteiger partial charge in [0.1, 0.15) is 5.82 Å². The molecule has 4 N–H and O–H groups in total. The van der Waals surface area contributed by atoms with Crippen LogP contribution in [0.3, 0.4) is 0 Å². The first-order valence-electron chi connectivity index (χ1n) is 5.72. The first-order chi connectivity index (χ1) is 8.30. The smallest absolute Gasteiger partial charge is 0.241 e. The van der Waals surface area contributed by atoms with Gasteiger partial charge in [-0.1, -0.05) is 6.92 Å². The molecule has 0 atom stereocenters. The Kier molecular flexibility index (Phi) is 3.38. The fourth-order valence-corrected chi connectivity index (χ4v) is 1.81. The largest absolute Gasteiger partial charge is 0.356 e. The monoisotopic (exact) mass is 235 g/mol. The van der Waals surface area contributed by atoms with Crippen LogP contribution in [0.25, 0.3) is 11.0 Å². The summed E-state index contributed by atoms with van der Waals surface area (Å²) in [4.78, 5) is 10.8. The summed E-state index contributed by atoms with van der Waals surface area (Å²) in [6.45, 7) is 6.06. The van der Waals surface area contributed by atoms with E-state index in [9.17, 15) is 0 Å². The lowest BCUT2D eigenvalue weighted by molar-refractivity contribution is 0.781. The molecule has 0 radical (unpaired) electrons. The minimum absolute atomic E-state index is 0.395. The van der Waals surface area contributed by atoms with Crippen molar-refractivity contribution in [2.75, 3.05) is 23.4 Å². The summed E-state index contributed by atoms with van der Waals surface area (Å²) < 4.78 is 0. The normalized spacial score (nSPS) is 10.8. The third kappa shape index (κ3) is 2.14. The standard InChI is InChI=1S/C10H17N7/c1-3-5-17(4-2)9-7-6-12-16-8(7)13-10(14-9)15-11/h6H,3-5,11H2,1-2H3,(H2,12,13,14,15,16). The minimum Gasteiger partial charge on any atom is -0.356 e. The van der Waals surface area contributed by atoms with E-state index in [-0.39, 0.29) is 0 Å². The molecule has 17 heavy (non-hydrogen) atoms. The van der Waals surface area contributed by atoms with E-state index in [1.165, 1.54) is 0 Å². The number of hydrogen-bond donors (Lipinski definition) is 3. The predicted octanol–water partition coefficient (Wildman–Crippen LogP) is 0.875. The van der Waals surface area contributed by atoms with Crippen LogP contribution in [0, 0.1) is 0 Å². The molecule has 7 heteroatoms. The highest BCUT2D eigenvalue weighted by atomic mass is 15.3. The molecule has 0 fully saturated rings. The molecule has 0 saturated heterocycles. The molecule has 2 heterocycles. The van der Waals surface area contributed by atoms with Crippen LogP contribution in [0.5, 0.6) is 0 Å². The molecule has 0 aliphatic rings. The highest BCUT2D eigenvalue weighted by Gasteiger charge is 2.13. The van der Waals surface area contributed by atoms with E-state index in [4.69, 9.17) is 5.84 Å². The maximum atomic E-state index is 5.37. The van der Waals surface area contributed by atoms with Crippen LogP contribution < -0.4 is 16.2 Å². The van der Waals surface area contributed by atoms with Crippen LogP contribution in [-0.4, -0.2) is 33.3 Å². The molecular formula is C10H17N7. The zero-order valence-corrected chi connectivity index (χ0v) is 10.1. The number of nitrogens with two attached hydrogens (primary N) is 1. The second-order valence-corrected chi connectivity index (χ2v) is 3.73. The Morgan fingerprint density at radius 2 is 2.24 bits per heavy atom. The lowest BCUT2D eigenvalue weighted by Crippen LogP contribution is -2.25. The molecular weight excluding hydrogens is 218 g/mol. The van der Waals surface area contributed by atoms with Crippen molar-refractivity contribution in [3.05, 3.63) is 6.20 Å². The summed E-state index contributed by atoms with van der Waals surface area (Å²) in [7, 11) is 0. The van der Waals surface area contributed by atoms with Crippen LogP contribution >= 0.6 is 0 Å². The summed E-state index contributed by atoms with van der Waals surface area (Å²) in [5, 5.41) is 7.74. The highest BCUT2D eigenvalue weighted by Crippen LogP contribution is 2.23. The van der Waals surface area contributed by atoms with Gasteiger partial charge in [-0.2, -0.15) is 15.1 Å². The quantitative estimate of drug-likeness (QED) is 0.526. The number of hydrogen-bond acceptors (Lipinski definition) is 6. The first-order valence-corrected chi connectivity index (χ1v) is 5.72. The van der Waals surface area contributed by atoms with E-state index in [1.807, 2.05) is 0 Å². The second kappa shape index (κ2) is 4.96. The molecule has 2 aromatic rings. The van der Waals surface area contributed by atoms with Crippen LogP contribution in [0.1, 0.15) is 20.3 Å². The SMILES string of the molecule is CCCN(CC)c1nc(NN)nc2[nH]ncc12. The number of hydrazine groups is 1. The Balaban J connectivity index is 2.52. The van der Waals surface area contributed by atoms with E-state index in [0.717, 1.165) is 30.7 Å². The fraction of sp³-hybridized carbons (Fsp3) is 0.500. The third-order valence-electron chi connectivity index (χ3n) is 2.59. The third-order valence-corrected chi connectivity index (χ3v) is 2.59. The van der Waals surface area contributed by atoms with Gasteiger partial charge >= 0.3 is 0 Å². The maximum absolute atomic E-state index is 5.37. The fourth-order valence-electron chi connectivity index (χ4n) is 1.81. The van der Waals surface area contributed by atoms with Crippen molar-refractivity contribution >= 4 is 22.8 Å². The number of aromatic amines is 1. The van der Waals surface area contributed by atoms with Crippen LogP contribution in [-0.2, 0) is 0 Å². The Hall–Kier alpha value is -1.89. The van der Waals surface area contributed by atoms with Crippen LogP contribution in [0.2, 0.25) is 0 Å². The van der Waals surface area contributed by atoms with E-state index in [1.54, 1.807) is 6.20 Å². The average Bonchev–Trinajstić information content (AvgIpc) is 2.82. The molecule has 7 nitrogen and oxygen atoms in total. The lowest BCUT2D eigenvalue weighted by Gasteiger charge is -2.21. The van der Waals surface area contributed by atoms with Gasteiger partial charge in [-0.05, 0) is 13.3 Å². The van der Waals surface area contributed by atoms with Gasteiger partial charge in [0.15, 0.2) is 5.65 Å². The minimum atomic E-state index is 0.395. The van der Waals surface area contributed by atoms with Gasteiger partial charge in [0.2, 0.25) is 5.95 Å². The van der Waals surface area contributed by atoms with E-state index in [0.29, 0.717) is 11.6 Å². The molecule has 0 bridgehead atoms. The number of aromatic nitrogens is 4. The topological polar surface area (TPSA) is 95.8 Å². The number of nitrogen functional groups attached to an aromatic ring is 1. The highest BCUT2D eigenvalue weighted by molar-refractivity contribution is 5.87. The van der Waals surface area contributed by atoms with Crippen molar-refractivity contribution in [1.29, 1.82) is 0 Å². The zero-order chi connectivity index (χ0) is 12.3. The summed E-state index contributed by atoms with van der Waals surface area (Å²) >= 11 is 0. The van der Waals surface area contributed by atoms with Crippen molar-refractivity contribution in [3.63, 3.8) is 0 Å². The van der Waals surface area contributed by atoms with Crippen molar-refractivity contribution in [1.82, 2.24) is 20.2 Å². The molecule has 2 aromatic heterocycles. The van der Waals surface area contributed by atoms with Gasteiger partial charge in [-0.15, -0.1) is 0 Å². The molecule has 0 aliphatic heterocycles. The van der Waals surface area contributed by atoms with Gasteiger partial charge in [0.05, 0.1) is 11.6 Å². The van der Waals surface area contributed by atoms with Gasteiger partial charge in [0.25, 0.3) is 0 Å². The van der Waals surface area contributed by atoms with Gasteiger partial charge < -0.3 is 4.90 Å². The molecule has 0 unspecified atom stereocenters. The Bertz CT molecular complexity index is 492. The predicted molar refractivity (Wildman–Crippen MR) is 67.7 cm³/mol. The second-order valence-electron chi connectivity index (χ2n) is 3.73. The molecule has 0 amide bonds. The van der Waals surface area contributed by atoms with Crippen LogP contribution in [0.4, 0.5) is 11.8 Å². The van der Waals surface area contributed by atoms with Gasteiger partial charge in [-0.25, -0.2) is 5.84 Å². The van der Waals surface area contributed by atoms with E-state index in [2.05, 4.69) is 44.3 Å². The summed E-state index contributed by atoms with van der Waals surface area (Å²) in [5.41, 5.74) is 3.17. The number of nitrogens with one attached hydrogen (secondary N) is 2. The molecule has 0 aromatic carbocycles. The molecule has 0 spiro atoms. The maximum Gasteiger partial charge on any atom is 0.241 e. The van der Waals surface area contributed by atoms with Gasteiger partial charge in [-0.3, -0.25) is 10.5 Å². The van der Waals surface area contributed by atoms with E-state index < -0.39 is 0 Å². The number of H-pyrrole nitrogens is 1. The molecule has 2 rings (SSSR count). The zero-order valence-electron chi connectivity index (χ0n) is 10.1. The Labute approximate surface area is 99.4 Å². The first kappa shape index (κ1) is 11.6. The summed E-state index contributed by atoms with van der Waals surface area (Å²) in [6.07, 6.45) is 2.80. The van der Waals surface area contributed by atoms with Gasteiger partial charge in [0, 0.05) is 13.1 Å². The molecule has 92 valence electrons. The van der Waals surface area contributed by atoms with Crippen molar-refractivity contribution < 1.29 is 0 Å². The Morgan fingerprint density at radius 3 is 2.88 bits per heavy atom. The average molecular weight is 235 g/mol. The summed E-state index contributed by atoms with van der Waals surface area (Å²) in [6, 6.07) is 0. The van der Waals surface area contributed by atoms with E-state index >= 15 is 0 Å². The molecule has 0 saturated carbocycles. The number of rotatable bonds is 5. The van der Waals surface area contributed by atoms with Crippen molar-refractivity contribution in [2.24, 2.45) is 5.84 Å². The Morgan fingerprint density at radius 1 is 1.41 bits per heavy atom. The van der Waals surface area contributed by atoms with Crippen molar-refractivity contribution in [3.8, 4) is 0 Å². The number of fused-ring (bicyclic) bond motifs is 1.